The van der Waals surface area contributed by atoms with Crippen LogP contribution in [0.4, 0.5) is 5.69 Å². The second-order valence-electron chi connectivity index (χ2n) is 7.33. The molecule has 0 saturated heterocycles. The van der Waals surface area contributed by atoms with Gasteiger partial charge in [0.25, 0.3) is 5.91 Å². The molecule has 8 heteroatoms. The molecule has 2 aliphatic rings. The SMILES string of the molecule is COc1cc2c(cc1OC)C(c1ccc(N)cc1)=NN(C1=NC(=O)C(C)S1)C(C)C2. The zero-order valence-electron chi connectivity index (χ0n) is 17.4. The van der Waals surface area contributed by atoms with E-state index in [0.717, 1.165) is 22.4 Å². The van der Waals surface area contributed by atoms with Gasteiger partial charge in [0.05, 0.1) is 31.2 Å². The van der Waals surface area contributed by atoms with Crippen LogP contribution >= 0.6 is 11.8 Å². The number of nitrogens with two attached hydrogens (primary N) is 1. The highest BCUT2D eigenvalue weighted by Crippen LogP contribution is 2.36. The standard InChI is InChI=1S/C22H24N4O3S/c1-12-9-15-10-18(28-3)19(29-4)11-17(15)20(14-5-7-16(23)8-6-14)25-26(12)22-24-21(27)13(2)30-22/h5-8,10-13H,9,23H2,1-4H3. The summed E-state index contributed by atoms with van der Waals surface area (Å²) in [6.45, 7) is 3.94. The third-order valence-electron chi connectivity index (χ3n) is 5.22. The van der Waals surface area contributed by atoms with E-state index in [1.54, 1.807) is 14.2 Å². The average molecular weight is 425 g/mol. The van der Waals surface area contributed by atoms with Gasteiger partial charge in [-0.25, -0.2) is 5.01 Å². The van der Waals surface area contributed by atoms with Crippen molar-refractivity contribution in [3.63, 3.8) is 0 Å². The first-order valence-corrected chi connectivity index (χ1v) is 10.6. The molecule has 4 rings (SSSR count). The molecule has 0 fully saturated rings. The molecular weight excluding hydrogens is 400 g/mol. The van der Waals surface area contributed by atoms with Gasteiger partial charge in [-0.3, -0.25) is 4.79 Å². The molecule has 0 saturated carbocycles. The maximum absolute atomic E-state index is 12.1. The number of benzene rings is 2. The van der Waals surface area contributed by atoms with E-state index in [-0.39, 0.29) is 17.2 Å². The van der Waals surface area contributed by atoms with Crippen molar-refractivity contribution >= 4 is 34.2 Å². The molecule has 2 atom stereocenters. The fourth-order valence-corrected chi connectivity index (χ4v) is 4.53. The summed E-state index contributed by atoms with van der Waals surface area (Å²) in [5, 5.41) is 7.27. The predicted molar refractivity (Wildman–Crippen MR) is 121 cm³/mol. The van der Waals surface area contributed by atoms with Gasteiger partial charge in [0, 0.05) is 16.8 Å². The van der Waals surface area contributed by atoms with Crippen molar-refractivity contribution in [1.82, 2.24) is 5.01 Å². The number of ether oxygens (including phenoxy) is 2. The summed E-state index contributed by atoms with van der Waals surface area (Å²) in [6.07, 6.45) is 0.708. The highest BCUT2D eigenvalue weighted by atomic mass is 32.2. The van der Waals surface area contributed by atoms with Crippen molar-refractivity contribution in [2.75, 3.05) is 20.0 Å². The molecule has 0 spiro atoms. The molecule has 2 heterocycles. The van der Waals surface area contributed by atoms with E-state index in [2.05, 4.69) is 11.9 Å². The number of nitrogens with zero attached hydrogens (tertiary/aromatic N) is 3. The summed E-state index contributed by atoms with van der Waals surface area (Å²) < 4.78 is 11.1. The van der Waals surface area contributed by atoms with Gasteiger partial charge in [-0.2, -0.15) is 10.1 Å². The van der Waals surface area contributed by atoms with Crippen molar-refractivity contribution in [1.29, 1.82) is 0 Å². The number of anilines is 1. The van der Waals surface area contributed by atoms with Gasteiger partial charge >= 0.3 is 0 Å². The third kappa shape index (κ3) is 3.63. The van der Waals surface area contributed by atoms with Crippen molar-refractivity contribution in [3.05, 3.63) is 53.1 Å². The highest BCUT2D eigenvalue weighted by molar-refractivity contribution is 8.15. The molecule has 30 heavy (non-hydrogen) atoms. The number of carbonyl (C=O) groups excluding carboxylic acids is 1. The predicted octanol–water partition coefficient (Wildman–Crippen LogP) is 3.30. The summed E-state index contributed by atoms with van der Waals surface area (Å²) in [6, 6.07) is 11.5. The van der Waals surface area contributed by atoms with Crippen LogP contribution in [0.5, 0.6) is 11.5 Å². The number of rotatable bonds is 3. The fourth-order valence-electron chi connectivity index (χ4n) is 3.59. The molecule has 2 aromatic rings. The zero-order valence-corrected chi connectivity index (χ0v) is 18.2. The van der Waals surface area contributed by atoms with Crippen LogP contribution in [0.3, 0.4) is 0 Å². The number of hydrogen-bond donors (Lipinski definition) is 1. The topological polar surface area (TPSA) is 89.5 Å². The smallest absolute Gasteiger partial charge is 0.261 e. The Morgan fingerprint density at radius 1 is 1.10 bits per heavy atom. The first kappa shape index (κ1) is 20.3. The molecule has 7 nitrogen and oxygen atoms in total. The normalized spacial score (nSPS) is 20.9. The lowest BCUT2D eigenvalue weighted by atomic mass is 9.94. The Kier molecular flexibility index (Phi) is 5.42. The molecular formula is C22H24N4O3S. The summed E-state index contributed by atoms with van der Waals surface area (Å²) >= 11 is 1.44. The molecule has 2 aromatic carbocycles. The van der Waals surface area contributed by atoms with Crippen LogP contribution in [0, 0.1) is 0 Å². The highest BCUT2D eigenvalue weighted by Gasteiger charge is 2.33. The number of aliphatic imine (C=N–C) groups is 1. The van der Waals surface area contributed by atoms with Crippen molar-refractivity contribution in [3.8, 4) is 11.5 Å². The van der Waals surface area contributed by atoms with Crippen molar-refractivity contribution in [2.24, 2.45) is 10.1 Å². The molecule has 2 aliphatic heterocycles. The van der Waals surface area contributed by atoms with Crippen LogP contribution in [0.15, 0.2) is 46.5 Å². The first-order valence-electron chi connectivity index (χ1n) is 9.69. The lowest BCUT2D eigenvalue weighted by Gasteiger charge is -2.24. The molecule has 2 unspecified atom stereocenters. The van der Waals surface area contributed by atoms with Gasteiger partial charge in [-0.1, -0.05) is 23.9 Å². The minimum Gasteiger partial charge on any atom is -0.493 e. The lowest BCUT2D eigenvalue weighted by Crippen LogP contribution is -2.33. The number of methoxy groups -OCH3 is 2. The first-order chi connectivity index (χ1) is 14.4. The number of amidine groups is 1. The molecule has 0 aliphatic carbocycles. The maximum Gasteiger partial charge on any atom is 0.261 e. The Bertz CT molecular complexity index is 1050. The minimum atomic E-state index is -0.201. The number of amides is 1. The van der Waals surface area contributed by atoms with Gasteiger partial charge < -0.3 is 15.2 Å². The molecule has 0 aromatic heterocycles. The van der Waals surface area contributed by atoms with Crippen LogP contribution in [0.1, 0.15) is 30.5 Å². The second kappa shape index (κ2) is 8.02. The van der Waals surface area contributed by atoms with Gasteiger partial charge in [-0.05, 0) is 50.1 Å². The van der Waals surface area contributed by atoms with Gasteiger partial charge in [0.2, 0.25) is 0 Å². The largest absolute Gasteiger partial charge is 0.493 e. The van der Waals surface area contributed by atoms with Gasteiger partial charge in [0.1, 0.15) is 0 Å². The summed E-state index contributed by atoms with van der Waals surface area (Å²) in [5.41, 5.74) is 10.3. The number of nitrogen functional groups attached to an aromatic ring is 1. The summed E-state index contributed by atoms with van der Waals surface area (Å²) in [5.74, 6) is 1.18. The van der Waals surface area contributed by atoms with Crippen LogP contribution in [0.2, 0.25) is 0 Å². The van der Waals surface area contributed by atoms with E-state index in [1.165, 1.54) is 11.8 Å². The zero-order chi connectivity index (χ0) is 21.4. The quantitative estimate of drug-likeness (QED) is 0.761. The number of carbonyl (C=O) groups is 1. The Labute approximate surface area is 179 Å². The average Bonchev–Trinajstić information content (AvgIpc) is 2.99. The summed E-state index contributed by atoms with van der Waals surface area (Å²) in [7, 11) is 3.25. The lowest BCUT2D eigenvalue weighted by molar-refractivity contribution is -0.116. The van der Waals surface area contributed by atoms with Crippen molar-refractivity contribution < 1.29 is 14.3 Å². The number of fused-ring (bicyclic) bond motifs is 1. The van der Waals surface area contributed by atoms with E-state index in [1.807, 2.05) is 48.3 Å². The van der Waals surface area contributed by atoms with E-state index < -0.39 is 0 Å². The van der Waals surface area contributed by atoms with Crippen LogP contribution < -0.4 is 15.2 Å². The second-order valence-corrected chi connectivity index (χ2v) is 8.63. The Balaban J connectivity index is 1.90. The Morgan fingerprint density at radius 2 is 1.77 bits per heavy atom. The summed E-state index contributed by atoms with van der Waals surface area (Å²) in [4.78, 5) is 16.3. The van der Waals surface area contributed by atoms with E-state index in [4.69, 9.17) is 20.3 Å². The van der Waals surface area contributed by atoms with Crippen LogP contribution in [-0.4, -0.2) is 47.3 Å². The maximum atomic E-state index is 12.1. The number of thioether (sulfide) groups is 1. The van der Waals surface area contributed by atoms with E-state index >= 15 is 0 Å². The van der Waals surface area contributed by atoms with Gasteiger partial charge in [-0.15, -0.1) is 0 Å². The number of hydrogen-bond acceptors (Lipinski definition) is 7. The molecule has 156 valence electrons. The molecule has 2 N–H and O–H groups in total. The third-order valence-corrected chi connectivity index (χ3v) is 6.27. The molecule has 0 bridgehead atoms. The molecule has 0 radical (unpaired) electrons. The van der Waals surface area contributed by atoms with Crippen LogP contribution in [-0.2, 0) is 11.2 Å². The monoisotopic (exact) mass is 424 g/mol. The fraction of sp³-hybridized carbons (Fsp3) is 0.318. The number of hydrazone groups is 1. The van der Waals surface area contributed by atoms with E-state index in [0.29, 0.717) is 28.8 Å². The Hall–Kier alpha value is -3.00. The Morgan fingerprint density at radius 3 is 2.37 bits per heavy atom. The van der Waals surface area contributed by atoms with Crippen molar-refractivity contribution in [2.45, 2.75) is 31.6 Å². The van der Waals surface area contributed by atoms with E-state index in [9.17, 15) is 4.79 Å². The van der Waals surface area contributed by atoms with Crippen LogP contribution in [0.25, 0.3) is 0 Å². The minimum absolute atomic E-state index is 0.00233. The molecule has 1 amide bonds. The van der Waals surface area contributed by atoms with Gasteiger partial charge in [0.15, 0.2) is 16.7 Å².